The lowest BCUT2D eigenvalue weighted by Gasteiger charge is -2.37. The average Bonchev–Trinajstić information content (AvgIpc) is 3.04. The molecular formula is C23H26N2O3. The van der Waals surface area contributed by atoms with Crippen molar-refractivity contribution in [3.63, 3.8) is 0 Å². The Kier molecular flexibility index (Phi) is 4.46. The van der Waals surface area contributed by atoms with Crippen molar-refractivity contribution in [2.45, 2.75) is 32.2 Å². The van der Waals surface area contributed by atoms with Gasteiger partial charge in [0.15, 0.2) is 0 Å². The van der Waals surface area contributed by atoms with Gasteiger partial charge in [-0.1, -0.05) is 30.7 Å². The van der Waals surface area contributed by atoms with Crippen LogP contribution in [-0.4, -0.2) is 35.5 Å². The number of fused-ring (bicyclic) bond motifs is 3. The number of carbonyl (C=O) groups excluding carboxylic acids is 1. The Hall–Kier alpha value is -2.56. The number of hydrogen-bond donors (Lipinski definition) is 0. The quantitative estimate of drug-likeness (QED) is 0.813. The van der Waals surface area contributed by atoms with Gasteiger partial charge in [-0.25, -0.2) is 4.98 Å². The highest BCUT2D eigenvalue weighted by molar-refractivity contribution is 5.80. The molecule has 0 unspecified atom stereocenters. The number of aromatic nitrogens is 1. The molecular weight excluding hydrogens is 352 g/mol. The first kappa shape index (κ1) is 17.5. The predicted octanol–water partition coefficient (Wildman–Crippen LogP) is 3.78. The number of likely N-dealkylation sites (tertiary alicyclic amines) is 1. The minimum Gasteiger partial charge on any atom is -0.493 e. The van der Waals surface area contributed by atoms with Crippen molar-refractivity contribution in [2.75, 3.05) is 19.8 Å². The fourth-order valence-electron chi connectivity index (χ4n) is 4.74. The van der Waals surface area contributed by atoms with Crippen LogP contribution in [0, 0.1) is 24.7 Å². The molecule has 5 rings (SSSR count). The summed E-state index contributed by atoms with van der Waals surface area (Å²) in [6.07, 6.45) is 3.22. The molecule has 5 heteroatoms. The van der Waals surface area contributed by atoms with Crippen LogP contribution in [0.15, 0.2) is 42.5 Å². The van der Waals surface area contributed by atoms with Gasteiger partial charge in [0.05, 0.1) is 19.3 Å². The topological polar surface area (TPSA) is 51.7 Å². The van der Waals surface area contributed by atoms with Gasteiger partial charge in [-0.15, -0.1) is 0 Å². The number of rotatable bonds is 4. The molecule has 3 heterocycles. The Morgan fingerprint density at radius 2 is 2.07 bits per heavy atom. The van der Waals surface area contributed by atoms with Crippen LogP contribution in [0.25, 0.3) is 0 Å². The number of carbonyl (C=O) groups is 1. The molecule has 3 aliphatic rings. The standard InChI is InChI=1S/C23H26N2O3/c1-15-6-4-11-21(24-15)28-13-17-12-25(23(26)16-7-5-8-16)22-18-9-2-3-10-20(18)27-14-19(17)22/h2-4,6,9-11,16-17,19,22H,5,7-8,12-14H2,1H3/t17-,19-,22-/m0/s1. The zero-order chi connectivity index (χ0) is 19.1. The molecule has 3 atom stereocenters. The first-order valence-corrected chi connectivity index (χ1v) is 10.3. The first-order valence-electron chi connectivity index (χ1n) is 10.3. The van der Waals surface area contributed by atoms with Crippen LogP contribution in [0.2, 0.25) is 0 Å². The van der Waals surface area contributed by atoms with E-state index in [9.17, 15) is 4.79 Å². The van der Waals surface area contributed by atoms with E-state index >= 15 is 0 Å². The van der Waals surface area contributed by atoms with Gasteiger partial charge < -0.3 is 14.4 Å². The number of pyridine rings is 1. The maximum absolute atomic E-state index is 13.2. The third kappa shape index (κ3) is 3.03. The lowest BCUT2D eigenvalue weighted by Crippen LogP contribution is -2.40. The largest absolute Gasteiger partial charge is 0.493 e. The van der Waals surface area contributed by atoms with E-state index in [4.69, 9.17) is 9.47 Å². The van der Waals surface area contributed by atoms with Gasteiger partial charge in [0.1, 0.15) is 5.75 Å². The summed E-state index contributed by atoms with van der Waals surface area (Å²) in [5, 5.41) is 0. The molecule has 0 N–H and O–H groups in total. The van der Waals surface area contributed by atoms with Gasteiger partial charge in [0, 0.05) is 41.6 Å². The number of ether oxygens (including phenoxy) is 2. The van der Waals surface area contributed by atoms with E-state index in [1.54, 1.807) is 0 Å². The Morgan fingerprint density at radius 1 is 1.21 bits per heavy atom. The highest BCUT2D eigenvalue weighted by Gasteiger charge is 2.49. The van der Waals surface area contributed by atoms with Crippen molar-refractivity contribution >= 4 is 5.91 Å². The monoisotopic (exact) mass is 378 g/mol. The van der Waals surface area contributed by atoms with E-state index < -0.39 is 0 Å². The second-order valence-electron chi connectivity index (χ2n) is 8.26. The summed E-state index contributed by atoms with van der Waals surface area (Å²) in [5.41, 5.74) is 2.08. The van der Waals surface area contributed by atoms with E-state index in [2.05, 4.69) is 16.0 Å². The van der Waals surface area contributed by atoms with Crippen LogP contribution in [0.1, 0.15) is 36.6 Å². The van der Waals surface area contributed by atoms with Gasteiger partial charge in [0.25, 0.3) is 0 Å². The molecule has 1 saturated heterocycles. The maximum Gasteiger partial charge on any atom is 0.226 e. The Morgan fingerprint density at radius 3 is 2.86 bits per heavy atom. The minimum atomic E-state index is 0.0946. The average molecular weight is 378 g/mol. The summed E-state index contributed by atoms with van der Waals surface area (Å²) < 4.78 is 12.1. The third-order valence-electron chi connectivity index (χ3n) is 6.49. The fraction of sp³-hybridized carbons (Fsp3) is 0.478. The van der Waals surface area contributed by atoms with Crippen molar-refractivity contribution < 1.29 is 14.3 Å². The number of para-hydroxylation sites is 1. The molecule has 1 aromatic carbocycles. The molecule has 1 aliphatic carbocycles. The summed E-state index contributed by atoms with van der Waals surface area (Å²) in [6, 6.07) is 14.1. The highest BCUT2D eigenvalue weighted by Crippen LogP contribution is 2.48. The van der Waals surface area contributed by atoms with Crippen molar-refractivity contribution in [3.05, 3.63) is 53.7 Å². The van der Waals surface area contributed by atoms with Gasteiger partial charge in [-0.3, -0.25) is 4.79 Å². The van der Waals surface area contributed by atoms with Crippen LogP contribution in [-0.2, 0) is 4.79 Å². The summed E-state index contributed by atoms with van der Waals surface area (Å²) in [4.78, 5) is 19.8. The maximum atomic E-state index is 13.2. The molecule has 146 valence electrons. The van der Waals surface area contributed by atoms with Crippen molar-refractivity contribution in [1.29, 1.82) is 0 Å². The van der Waals surface area contributed by atoms with E-state index in [-0.39, 0.29) is 23.8 Å². The first-order chi connectivity index (χ1) is 13.7. The van der Waals surface area contributed by atoms with Crippen LogP contribution < -0.4 is 9.47 Å². The van der Waals surface area contributed by atoms with Crippen LogP contribution >= 0.6 is 0 Å². The number of amides is 1. The predicted molar refractivity (Wildman–Crippen MR) is 105 cm³/mol. The lowest BCUT2D eigenvalue weighted by molar-refractivity contribution is -0.139. The minimum absolute atomic E-state index is 0.0946. The van der Waals surface area contributed by atoms with Gasteiger partial charge in [-0.2, -0.15) is 0 Å². The van der Waals surface area contributed by atoms with Crippen LogP contribution in [0.5, 0.6) is 11.6 Å². The van der Waals surface area contributed by atoms with Crippen molar-refractivity contribution in [3.8, 4) is 11.6 Å². The Bertz CT molecular complexity index is 880. The summed E-state index contributed by atoms with van der Waals surface area (Å²) in [7, 11) is 0. The van der Waals surface area contributed by atoms with Gasteiger partial charge in [0.2, 0.25) is 11.8 Å². The summed E-state index contributed by atoms with van der Waals surface area (Å²) in [6.45, 7) is 3.88. The molecule has 2 aliphatic heterocycles. The van der Waals surface area contributed by atoms with E-state index in [0.29, 0.717) is 25.0 Å². The van der Waals surface area contributed by atoms with Crippen molar-refractivity contribution in [1.82, 2.24) is 9.88 Å². The second kappa shape index (κ2) is 7.12. The molecule has 0 spiro atoms. The Labute approximate surface area is 165 Å². The van der Waals surface area contributed by atoms with Gasteiger partial charge in [-0.05, 0) is 31.9 Å². The van der Waals surface area contributed by atoms with Crippen LogP contribution in [0.4, 0.5) is 0 Å². The van der Waals surface area contributed by atoms with E-state index in [0.717, 1.165) is 36.4 Å². The molecule has 5 nitrogen and oxygen atoms in total. The second-order valence-corrected chi connectivity index (χ2v) is 8.26. The molecule has 1 aromatic heterocycles. The number of aryl methyl sites for hydroxylation is 1. The lowest BCUT2D eigenvalue weighted by atomic mass is 9.83. The molecule has 1 amide bonds. The SMILES string of the molecule is Cc1cccc(OC[C@@H]2CN(C(=O)C3CCC3)[C@H]3c4ccccc4OC[C@@H]23)n1. The smallest absolute Gasteiger partial charge is 0.226 e. The molecule has 0 bridgehead atoms. The van der Waals surface area contributed by atoms with E-state index in [1.807, 2.05) is 43.3 Å². The highest BCUT2D eigenvalue weighted by atomic mass is 16.5. The number of benzene rings is 1. The summed E-state index contributed by atoms with van der Waals surface area (Å²) >= 11 is 0. The molecule has 1 saturated carbocycles. The molecule has 2 aromatic rings. The van der Waals surface area contributed by atoms with E-state index in [1.165, 1.54) is 6.42 Å². The third-order valence-corrected chi connectivity index (χ3v) is 6.49. The fourth-order valence-corrected chi connectivity index (χ4v) is 4.74. The number of hydrogen-bond acceptors (Lipinski definition) is 4. The normalized spacial score (nSPS) is 26.0. The van der Waals surface area contributed by atoms with Crippen molar-refractivity contribution in [2.24, 2.45) is 17.8 Å². The molecule has 2 fully saturated rings. The zero-order valence-corrected chi connectivity index (χ0v) is 16.2. The zero-order valence-electron chi connectivity index (χ0n) is 16.2. The van der Waals surface area contributed by atoms with Crippen LogP contribution in [0.3, 0.4) is 0 Å². The molecule has 28 heavy (non-hydrogen) atoms. The number of nitrogens with zero attached hydrogens (tertiary/aromatic N) is 2. The Balaban J connectivity index is 1.40. The van der Waals surface area contributed by atoms with Gasteiger partial charge >= 0.3 is 0 Å². The summed E-state index contributed by atoms with van der Waals surface area (Å²) in [5.74, 6) is 2.57. The molecule has 0 radical (unpaired) electrons.